The molecule has 0 bridgehead atoms. The molecule has 0 radical (unpaired) electrons. The van der Waals surface area contributed by atoms with Gasteiger partial charge in [-0.1, -0.05) is 78.5 Å². The van der Waals surface area contributed by atoms with Crippen molar-refractivity contribution in [3.63, 3.8) is 0 Å². The highest BCUT2D eigenvalue weighted by molar-refractivity contribution is 5.70. The smallest absolute Gasteiger partial charge is 0.211 e. The molecule has 1 aromatic carbocycles. The van der Waals surface area contributed by atoms with Gasteiger partial charge in [-0.25, -0.2) is 0 Å². The number of benzene rings is 1. The summed E-state index contributed by atoms with van der Waals surface area (Å²) in [6.07, 6.45) is 14.1. The average molecular weight is 643 g/mol. The molecular formula is C36H70N2O7. The monoisotopic (exact) mass is 643 g/mol. The van der Waals surface area contributed by atoms with Gasteiger partial charge in [0.05, 0.1) is 31.0 Å². The van der Waals surface area contributed by atoms with Crippen LogP contribution in [0.15, 0.2) is 30.3 Å². The first-order chi connectivity index (χ1) is 21.9. The average Bonchev–Trinajstić information content (AvgIpc) is 3.07. The predicted molar refractivity (Wildman–Crippen MR) is 187 cm³/mol. The highest BCUT2D eigenvalue weighted by Gasteiger charge is 2.23. The van der Waals surface area contributed by atoms with Gasteiger partial charge in [-0.2, -0.15) is 0 Å². The molecule has 2 heterocycles. The van der Waals surface area contributed by atoms with Crippen LogP contribution >= 0.6 is 0 Å². The number of carbonyl (C=O) groups is 1. The molecule has 2 fully saturated rings. The van der Waals surface area contributed by atoms with E-state index in [2.05, 4.69) is 31.0 Å². The van der Waals surface area contributed by atoms with Crippen LogP contribution < -0.4 is 5.32 Å². The summed E-state index contributed by atoms with van der Waals surface area (Å²) in [4.78, 5) is 12.5. The number of nitrogens with zero attached hydrogens (tertiary/aromatic N) is 1. The summed E-state index contributed by atoms with van der Waals surface area (Å²) in [6.45, 7) is 16.0. The Bertz CT molecular complexity index is 712. The van der Waals surface area contributed by atoms with Crippen LogP contribution in [0.3, 0.4) is 0 Å². The maximum atomic E-state index is 9.90. The molecule has 1 amide bonds. The molecule has 45 heavy (non-hydrogen) atoms. The Labute approximate surface area is 275 Å². The van der Waals surface area contributed by atoms with Crippen LogP contribution in [0.25, 0.3) is 0 Å². The quantitative estimate of drug-likeness (QED) is 0.107. The second-order valence-electron chi connectivity index (χ2n) is 11.2. The molecule has 2 saturated heterocycles. The van der Waals surface area contributed by atoms with E-state index in [1.54, 1.807) is 0 Å². The van der Waals surface area contributed by atoms with Crippen LogP contribution in [0.4, 0.5) is 5.69 Å². The van der Waals surface area contributed by atoms with E-state index in [4.69, 9.17) is 24.8 Å². The number of carbonyl (C=O) groups excluding carboxylic acids is 1. The summed E-state index contributed by atoms with van der Waals surface area (Å²) < 4.78 is 10.8. The third-order valence-electron chi connectivity index (χ3n) is 7.29. The van der Waals surface area contributed by atoms with Crippen LogP contribution in [-0.2, 0) is 14.3 Å². The largest absolute Gasteiger partial charge is 0.396 e. The zero-order valence-corrected chi connectivity index (χ0v) is 29.4. The Kier molecular flexibility index (Phi) is 35.7. The van der Waals surface area contributed by atoms with Gasteiger partial charge in [0.2, 0.25) is 6.41 Å². The molecule has 4 unspecified atom stereocenters. The minimum Gasteiger partial charge on any atom is -0.396 e. The summed E-state index contributed by atoms with van der Waals surface area (Å²) in [7, 11) is 0. The maximum Gasteiger partial charge on any atom is 0.211 e. The van der Waals surface area contributed by atoms with E-state index in [9.17, 15) is 9.90 Å². The van der Waals surface area contributed by atoms with Crippen LogP contribution in [0.1, 0.15) is 118 Å². The van der Waals surface area contributed by atoms with Crippen molar-refractivity contribution in [1.82, 2.24) is 4.90 Å². The Morgan fingerprint density at radius 1 is 0.844 bits per heavy atom. The summed E-state index contributed by atoms with van der Waals surface area (Å²) in [5.41, 5.74) is 0.826. The maximum absolute atomic E-state index is 9.90. The van der Waals surface area contributed by atoms with Gasteiger partial charge in [0.1, 0.15) is 0 Å². The number of ether oxygens (including phenoxy) is 2. The lowest BCUT2D eigenvalue weighted by Crippen LogP contribution is -2.35. The molecule has 9 heteroatoms. The number of para-hydroxylation sites is 1. The van der Waals surface area contributed by atoms with Gasteiger partial charge in [-0.15, -0.1) is 0 Å². The Hall–Kier alpha value is -1.59. The van der Waals surface area contributed by atoms with E-state index in [1.807, 2.05) is 44.2 Å². The Morgan fingerprint density at radius 3 is 2.04 bits per heavy atom. The van der Waals surface area contributed by atoms with Crippen molar-refractivity contribution in [3.05, 3.63) is 30.3 Å². The van der Waals surface area contributed by atoms with E-state index in [0.717, 1.165) is 57.4 Å². The first-order valence-electron chi connectivity index (χ1n) is 17.7. The third kappa shape index (κ3) is 28.4. The summed E-state index contributed by atoms with van der Waals surface area (Å²) in [5, 5.41) is 38.1. The lowest BCUT2D eigenvalue weighted by atomic mass is 10.0. The molecule has 266 valence electrons. The Balaban J connectivity index is 0. The number of amides is 1. The van der Waals surface area contributed by atoms with Crippen LogP contribution in [-0.4, -0.2) is 102 Å². The topological polar surface area (TPSA) is 132 Å². The highest BCUT2D eigenvalue weighted by Crippen LogP contribution is 2.18. The van der Waals surface area contributed by atoms with Crippen LogP contribution in [0.2, 0.25) is 0 Å². The molecular weight excluding hydrogens is 572 g/mol. The van der Waals surface area contributed by atoms with Gasteiger partial charge < -0.3 is 40.1 Å². The number of aliphatic hydroxyl groups is 4. The van der Waals surface area contributed by atoms with Crippen molar-refractivity contribution in [3.8, 4) is 0 Å². The van der Waals surface area contributed by atoms with Crippen molar-refractivity contribution < 1.29 is 34.7 Å². The molecule has 3 rings (SSSR count). The second-order valence-corrected chi connectivity index (χ2v) is 11.2. The standard InChI is InChI=1S/C17H35NO2.C7H7NO.C6H12O3.C4H10O.C2H6/c1-3-5-6-7-13-18(12-4-2)14-8-11-17-16(19)10-9-15-20-17;9-6-8-7-4-2-1-3-5-7;7-4-6-3-5(8)1-2-9-6;1-2-3-4-5;1-2/h16-17,19H,3-15H2,1-2H3;1-6H,(H,8,9);5-8H,1-4H2;5H,2-4H2,1H3;1-2H3. The first-order valence-corrected chi connectivity index (χ1v) is 17.7. The molecule has 2 aliphatic heterocycles. The minimum absolute atomic E-state index is 0.0249. The van der Waals surface area contributed by atoms with Crippen molar-refractivity contribution in [2.24, 2.45) is 0 Å². The van der Waals surface area contributed by atoms with Gasteiger partial charge in [0.25, 0.3) is 0 Å². The number of rotatable bonds is 16. The van der Waals surface area contributed by atoms with Gasteiger partial charge in [0, 0.05) is 31.9 Å². The number of hydrogen-bond acceptors (Lipinski definition) is 8. The molecule has 4 atom stereocenters. The summed E-state index contributed by atoms with van der Waals surface area (Å²) in [5.74, 6) is 0. The number of aliphatic hydroxyl groups excluding tert-OH is 4. The molecule has 5 N–H and O–H groups in total. The molecule has 0 saturated carbocycles. The van der Waals surface area contributed by atoms with E-state index in [0.29, 0.717) is 32.5 Å². The van der Waals surface area contributed by atoms with Crippen LogP contribution in [0, 0.1) is 0 Å². The van der Waals surface area contributed by atoms with Crippen LogP contribution in [0.5, 0.6) is 0 Å². The number of anilines is 1. The van der Waals surface area contributed by atoms with Crippen molar-refractivity contribution in [2.75, 3.05) is 51.4 Å². The molecule has 0 aromatic heterocycles. The molecule has 0 aliphatic carbocycles. The third-order valence-corrected chi connectivity index (χ3v) is 7.29. The molecule has 0 spiro atoms. The normalized spacial score (nSPS) is 20.5. The van der Waals surface area contributed by atoms with E-state index >= 15 is 0 Å². The zero-order valence-electron chi connectivity index (χ0n) is 29.4. The summed E-state index contributed by atoms with van der Waals surface area (Å²) in [6, 6.07) is 9.29. The lowest BCUT2D eigenvalue weighted by Gasteiger charge is -2.29. The fourth-order valence-electron chi connectivity index (χ4n) is 4.78. The van der Waals surface area contributed by atoms with E-state index in [-0.39, 0.29) is 31.0 Å². The SMILES string of the molecule is CC.CCCCCCN(CCC)CCCC1OCCCC1O.CCCCO.O=CNc1ccccc1.OCC1CC(O)CCO1. The van der Waals surface area contributed by atoms with Crippen molar-refractivity contribution in [2.45, 2.75) is 143 Å². The van der Waals surface area contributed by atoms with Gasteiger partial charge in [-0.3, -0.25) is 4.79 Å². The second kappa shape index (κ2) is 35.3. The molecule has 1 aromatic rings. The number of nitrogens with one attached hydrogen (secondary N) is 1. The van der Waals surface area contributed by atoms with Gasteiger partial charge >= 0.3 is 0 Å². The van der Waals surface area contributed by atoms with Gasteiger partial charge in [0.15, 0.2) is 0 Å². The fraction of sp³-hybridized carbons (Fsp3) is 0.806. The number of hydrogen-bond donors (Lipinski definition) is 5. The Morgan fingerprint density at radius 2 is 1.53 bits per heavy atom. The van der Waals surface area contributed by atoms with E-state index < -0.39 is 0 Å². The molecule has 9 nitrogen and oxygen atoms in total. The van der Waals surface area contributed by atoms with Gasteiger partial charge in [-0.05, 0) is 83.1 Å². The highest BCUT2D eigenvalue weighted by atomic mass is 16.5. The zero-order chi connectivity index (χ0) is 34.0. The first kappa shape index (κ1) is 45.5. The molecule has 2 aliphatic rings. The van der Waals surface area contributed by atoms with Crippen molar-refractivity contribution >= 4 is 12.1 Å². The van der Waals surface area contributed by atoms with E-state index in [1.165, 1.54) is 45.2 Å². The fourth-order valence-corrected chi connectivity index (χ4v) is 4.78. The number of unbranched alkanes of at least 4 members (excludes halogenated alkanes) is 4. The summed E-state index contributed by atoms with van der Waals surface area (Å²) >= 11 is 0. The minimum atomic E-state index is -0.268. The van der Waals surface area contributed by atoms with Crippen molar-refractivity contribution in [1.29, 1.82) is 0 Å². The lowest BCUT2D eigenvalue weighted by molar-refractivity contribution is -0.105. The predicted octanol–water partition coefficient (Wildman–Crippen LogP) is 6.18.